The Morgan fingerprint density at radius 1 is 1.03 bits per heavy atom. The van der Waals surface area contributed by atoms with Gasteiger partial charge in [-0.05, 0) is 87.2 Å². The minimum atomic E-state index is -0.567. The van der Waals surface area contributed by atoms with Gasteiger partial charge in [0.25, 0.3) is 0 Å². The molecule has 5 nitrogen and oxygen atoms in total. The predicted octanol–water partition coefficient (Wildman–Crippen LogP) is 3.75. The molecule has 0 unspecified atom stereocenters. The number of hydrogen-bond donors (Lipinski definition) is 1. The first-order chi connectivity index (χ1) is 13.8. The highest BCUT2D eigenvalue weighted by Crippen LogP contribution is 2.61. The summed E-state index contributed by atoms with van der Waals surface area (Å²) in [5.41, 5.74) is 2.58. The van der Waals surface area contributed by atoms with Crippen molar-refractivity contribution in [1.82, 2.24) is 5.32 Å². The number of hydrogen-bond acceptors (Lipinski definition) is 4. The summed E-state index contributed by atoms with van der Waals surface area (Å²) >= 11 is 0. The zero-order chi connectivity index (χ0) is 20.6. The number of ether oxygens (including phenoxy) is 1. The maximum absolute atomic E-state index is 12.5. The second kappa shape index (κ2) is 7.92. The molecule has 5 rings (SSSR count). The van der Waals surface area contributed by atoms with Crippen LogP contribution >= 0.6 is 0 Å². The van der Waals surface area contributed by atoms with E-state index in [0.29, 0.717) is 12.0 Å². The largest absolute Gasteiger partial charge is 0.456 e. The molecule has 5 heteroatoms. The lowest BCUT2D eigenvalue weighted by Gasteiger charge is -2.56. The van der Waals surface area contributed by atoms with Gasteiger partial charge in [-0.25, -0.2) is 0 Å². The topological polar surface area (TPSA) is 72.5 Å². The Hall–Kier alpha value is -2.17. The Morgan fingerprint density at radius 2 is 1.66 bits per heavy atom. The van der Waals surface area contributed by atoms with Crippen molar-refractivity contribution in [3.63, 3.8) is 0 Å². The number of Topliss-reactive ketones (excluding diaryl/α,β-unsaturated/α-hetero) is 1. The number of aryl methyl sites for hydroxylation is 2. The van der Waals surface area contributed by atoms with Crippen LogP contribution in [0.1, 0.15) is 66.4 Å². The molecular formula is C24H31NO4. The first kappa shape index (κ1) is 20.1. The molecule has 1 amide bonds. The molecule has 1 aromatic rings. The number of rotatable bonds is 7. The van der Waals surface area contributed by atoms with Crippen LogP contribution in [0.4, 0.5) is 0 Å². The monoisotopic (exact) mass is 397 g/mol. The molecule has 156 valence electrons. The van der Waals surface area contributed by atoms with Gasteiger partial charge in [0.1, 0.15) is 6.54 Å². The van der Waals surface area contributed by atoms with Crippen molar-refractivity contribution in [2.45, 2.75) is 58.8 Å². The molecule has 1 N–H and O–H groups in total. The van der Waals surface area contributed by atoms with E-state index in [1.165, 1.54) is 38.5 Å². The number of nitrogens with one attached hydrogen (secondary N) is 1. The Morgan fingerprint density at radius 3 is 2.28 bits per heavy atom. The molecule has 29 heavy (non-hydrogen) atoms. The smallest absolute Gasteiger partial charge is 0.325 e. The zero-order valence-electron chi connectivity index (χ0n) is 17.5. The van der Waals surface area contributed by atoms with E-state index >= 15 is 0 Å². The van der Waals surface area contributed by atoms with E-state index in [-0.39, 0.29) is 30.3 Å². The van der Waals surface area contributed by atoms with Crippen molar-refractivity contribution in [3.8, 4) is 0 Å². The van der Waals surface area contributed by atoms with Crippen LogP contribution < -0.4 is 5.32 Å². The number of ketones is 1. The molecule has 4 bridgehead atoms. The summed E-state index contributed by atoms with van der Waals surface area (Å²) in [4.78, 5) is 36.8. The maximum Gasteiger partial charge on any atom is 0.325 e. The molecule has 0 radical (unpaired) electrons. The van der Waals surface area contributed by atoms with Crippen LogP contribution in [0.5, 0.6) is 0 Å². The summed E-state index contributed by atoms with van der Waals surface area (Å²) in [7, 11) is 0. The van der Waals surface area contributed by atoms with Crippen molar-refractivity contribution in [1.29, 1.82) is 0 Å². The first-order valence-corrected chi connectivity index (χ1v) is 10.8. The van der Waals surface area contributed by atoms with Crippen molar-refractivity contribution < 1.29 is 19.1 Å². The van der Waals surface area contributed by atoms with Gasteiger partial charge in [0.05, 0.1) is 0 Å². The number of amides is 1. The number of esters is 1. The molecule has 4 fully saturated rings. The van der Waals surface area contributed by atoms with Crippen LogP contribution in [-0.2, 0) is 14.3 Å². The summed E-state index contributed by atoms with van der Waals surface area (Å²) in [5.74, 6) is 1.55. The van der Waals surface area contributed by atoms with E-state index in [4.69, 9.17) is 4.74 Å². The molecule has 0 heterocycles. The normalized spacial score (nSPS) is 29.5. The summed E-state index contributed by atoms with van der Waals surface area (Å²) in [6, 6.07) is 5.63. The van der Waals surface area contributed by atoms with Gasteiger partial charge in [-0.1, -0.05) is 17.7 Å². The van der Waals surface area contributed by atoms with Crippen LogP contribution in [0.25, 0.3) is 0 Å². The second-order valence-corrected chi connectivity index (χ2v) is 9.77. The van der Waals surface area contributed by atoms with Crippen LogP contribution in [0.15, 0.2) is 18.2 Å². The number of carbonyl (C=O) groups is 3. The molecule has 1 aromatic carbocycles. The standard InChI is InChI=1S/C24H31NO4/c1-15-3-4-16(2)20(5-15)21(26)14-29-23(28)13-25-22(27)12-24-9-17-6-18(10-24)8-19(7-17)11-24/h3-5,17-19H,6-14H2,1-2H3,(H,25,27). The van der Waals surface area contributed by atoms with Gasteiger partial charge < -0.3 is 10.1 Å². The van der Waals surface area contributed by atoms with E-state index < -0.39 is 5.97 Å². The van der Waals surface area contributed by atoms with Crippen molar-refractivity contribution in [3.05, 3.63) is 34.9 Å². The number of carbonyl (C=O) groups excluding carboxylic acids is 3. The summed E-state index contributed by atoms with van der Waals surface area (Å²) in [6.45, 7) is 3.31. The van der Waals surface area contributed by atoms with E-state index in [0.717, 1.165) is 28.9 Å². The fraction of sp³-hybridized carbons (Fsp3) is 0.625. The highest BCUT2D eigenvalue weighted by Gasteiger charge is 2.51. The van der Waals surface area contributed by atoms with Gasteiger partial charge in [0.2, 0.25) is 11.7 Å². The molecule has 0 saturated heterocycles. The van der Waals surface area contributed by atoms with Gasteiger partial charge in [0, 0.05) is 12.0 Å². The van der Waals surface area contributed by atoms with Crippen LogP contribution in [-0.4, -0.2) is 30.8 Å². The van der Waals surface area contributed by atoms with Gasteiger partial charge >= 0.3 is 5.97 Å². The minimum absolute atomic E-state index is 0.0650. The third-order valence-corrected chi connectivity index (χ3v) is 7.19. The molecule has 0 atom stereocenters. The molecule has 4 aliphatic rings. The third kappa shape index (κ3) is 4.54. The molecule has 0 aliphatic heterocycles. The fourth-order valence-corrected chi connectivity index (χ4v) is 6.39. The Bertz CT molecular complexity index is 793. The van der Waals surface area contributed by atoms with E-state index in [9.17, 15) is 14.4 Å². The molecule has 0 aromatic heterocycles. The van der Waals surface area contributed by atoms with Crippen molar-refractivity contribution in [2.24, 2.45) is 23.2 Å². The van der Waals surface area contributed by atoms with E-state index in [1.54, 1.807) is 6.07 Å². The number of benzene rings is 1. The van der Waals surface area contributed by atoms with Gasteiger partial charge in [0.15, 0.2) is 6.61 Å². The van der Waals surface area contributed by atoms with Crippen molar-refractivity contribution in [2.75, 3.05) is 13.2 Å². The van der Waals surface area contributed by atoms with Crippen LogP contribution in [0.3, 0.4) is 0 Å². The molecular weight excluding hydrogens is 366 g/mol. The predicted molar refractivity (Wildman–Crippen MR) is 109 cm³/mol. The first-order valence-electron chi connectivity index (χ1n) is 10.8. The molecule has 4 saturated carbocycles. The summed E-state index contributed by atoms with van der Waals surface area (Å²) in [5, 5.41) is 2.72. The zero-order valence-corrected chi connectivity index (χ0v) is 17.5. The van der Waals surface area contributed by atoms with Gasteiger partial charge in [-0.3, -0.25) is 14.4 Å². The third-order valence-electron chi connectivity index (χ3n) is 7.19. The fourth-order valence-electron chi connectivity index (χ4n) is 6.39. The van der Waals surface area contributed by atoms with Crippen molar-refractivity contribution >= 4 is 17.7 Å². The average molecular weight is 398 g/mol. The molecule has 4 aliphatic carbocycles. The SMILES string of the molecule is Cc1ccc(C)c(C(=O)COC(=O)CNC(=O)CC23CC4CC(CC(C4)C2)C3)c1. The van der Waals surface area contributed by atoms with Crippen LogP contribution in [0.2, 0.25) is 0 Å². The Labute approximate surface area is 172 Å². The Balaban J connectivity index is 1.22. The highest BCUT2D eigenvalue weighted by atomic mass is 16.5. The van der Waals surface area contributed by atoms with E-state index in [2.05, 4.69) is 5.32 Å². The van der Waals surface area contributed by atoms with Gasteiger partial charge in [-0.2, -0.15) is 0 Å². The maximum atomic E-state index is 12.5. The minimum Gasteiger partial charge on any atom is -0.456 e. The van der Waals surface area contributed by atoms with Crippen LogP contribution in [0, 0.1) is 37.0 Å². The lowest BCUT2D eigenvalue weighted by molar-refractivity contribution is -0.143. The summed E-state index contributed by atoms with van der Waals surface area (Å²) < 4.78 is 5.09. The molecule has 0 spiro atoms. The lowest BCUT2D eigenvalue weighted by atomic mass is 9.49. The van der Waals surface area contributed by atoms with Gasteiger partial charge in [-0.15, -0.1) is 0 Å². The second-order valence-electron chi connectivity index (χ2n) is 9.77. The quantitative estimate of drug-likeness (QED) is 0.562. The van der Waals surface area contributed by atoms with E-state index in [1.807, 2.05) is 26.0 Å². The highest BCUT2D eigenvalue weighted by molar-refractivity contribution is 5.99. The summed E-state index contributed by atoms with van der Waals surface area (Å²) in [6.07, 6.45) is 8.07. The lowest BCUT2D eigenvalue weighted by Crippen LogP contribution is -2.48. The average Bonchev–Trinajstić information content (AvgIpc) is 2.65. The Kier molecular flexibility index (Phi) is 5.50.